The molecule has 8 heteroatoms. The third-order valence-corrected chi connectivity index (χ3v) is 9.67. The highest BCUT2D eigenvalue weighted by molar-refractivity contribution is 7.99. The third-order valence-electron chi connectivity index (χ3n) is 7.61. The molecule has 214 valence electrons. The molecule has 1 aliphatic rings. The number of hydrogen-bond donors (Lipinski definition) is 0. The molecule has 0 radical (unpaired) electrons. The second-order valence-electron chi connectivity index (χ2n) is 10.8. The molecule has 0 bridgehead atoms. The molecule has 3 heterocycles. The van der Waals surface area contributed by atoms with Crippen molar-refractivity contribution in [2.24, 2.45) is 5.92 Å². The molecule has 6 rings (SSSR count). The van der Waals surface area contributed by atoms with E-state index in [1.807, 2.05) is 78.9 Å². The van der Waals surface area contributed by atoms with Gasteiger partial charge in [-0.2, -0.15) is 0 Å². The van der Waals surface area contributed by atoms with Crippen LogP contribution in [0.25, 0.3) is 10.2 Å². The third kappa shape index (κ3) is 5.93. The monoisotopic (exact) mass is 595 g/mol. The van der Waals surface area contributed by atoms with Crippen molar-refractivity contribution in [3.63, 3.8) is 0 Å². The Balaban J connectivity index is 1.35. The lowest BCUT2D eigenvalue weighted by Crippen LogP contribution is -2.30. The fourth-order valence-corrected chi connectivity index (χ4v) is 7.38. The Morgan fingerprint density at radius 1 is 1.00 bits per heavy atom. The maximum atomic E-state index is 14.2. The van der Waals surface area contributed by atoms with E-state index in [0.717, 1.165) is 38.6 Å². The van der Waals surface area contributed by atoms with E-state index < -0.39 is 0 Å². The minimum Gasteiger partial charge on any atom is -0.372 e. The summed E-state index contributed by atoms with van der Waals surface area (Å²) >= 11 is 2.87. The first-order chi connectivity index (χ1) is 20.5. The number of fused-ring (bicyclic) bond motifs is 3. The number of carbonyl (C=O) groups excluding carboxylic acids is 1. The summed E-state index contributed by atoms with van der Waals surface area (Å²) in [6.07, 6.45) is 1.50. The standard InChI is InChI=1S/C34H33N3O3S2/c1-23(2)28-20-27-29(21-40-28)42-32-31(27)33(39)36(19-18-24-12-6-3-7-13-24)34(35-32)41-22-30(38)37(25-14-8-4-9-15-25)26-16-10-5-11-17-26/h3-17,23,28H,18-22H2,1-2H3/t28-/m1/s1. The predicted octanol–water partition coefficient (Wildman–Crippen LogP) is 7.26. The second-order valence-corrected chi connectivity index (χ2v) is 12.8. The van der Waals surface area contributed by atoms with Crippen LogP contribution in [0.1, 0.15) is 29.9 Å². The van der Waals surface area contributed by atoms with E-state index in [-0.39, 0.29) is 23.3 Å². The summed E-state index contributed by atoms with van der Waals surface area (Å²) in [5.74, 6) is 0.413. The molecule has 2 aromatic heterocycles. The Morgan fingerprint density at radius 3 is 2.24 bits per heavy atom. The van der Waals surface area contributed by atoms with Crippen molar-refractivity contribution < 1.29 is 9.53 Å². The number of anilines is 2. The molecule has 1 atom stereocenters. The van der Waals surface area contributed by atoms with E-state index >= 15 is 0 Å². The number of rotatable bonds is 9. The number of aryl methyl sites for hydroxylation is 1. The van der Waals surface area contributed by atoms with Crippen molar-refractivity contribution in [1.29, 1.82) is 0 Å². The van der Waals surface area contributed by atoms with Crippen LogP contribution >= 0.6 is 23.1 Å². The number of aromatic nitrogens is 2. The Bertz CT molecular complexity index is 1700. The van der Waals surface area contributed by atoms with Crippen LogP contribution in [0.15, 0.2) is 101 Å². The SMILES string of the molecule is CC(C)[C@H]1Cc2c(sc3nc(SCC(=O)N(c4ccccc4)c4ccccc4)n(CCc4ccccc4)c(=O)c23)CO1. The summed E-state index contributed by atoms with van der Waals surface area (Å²) in [5, 5.41) is 1.28. The minimum absolute atomic E-state index is 0.0317. The van der Waals surface area contributed by atoms with Crippen molar-refractivity contribution in [3.05, 3.63) is 117 Å². The maximum Gasteiger partial charge on any atom is 0.263 e. The first-order valence-corrected chi connectivity index (χ1v) is 16.1. The molecule has 0 fully saturated rings. The number of thiophene rings is 1. The molecule has 0 aliphatic carbocycles. The van der Waals surface area contributed by atoms with E-state index in [9.17, 15) is 9.59 Å². The average Bonchev–Trinajstić information content (AvgIpc) is 3.39. The van der Waals surface area contributed by atoms with Gasteiger partial charge < -0.3 is 4.74 Å². The van der Waals surface area contributed by atoms with Gasteiger partial charge in [-0.3, -0.25) is 19.1 Å². The Morgan fingerprint density at radius 2 is 1.62 bits per heavy atom. The largest absolute Gasteiger partial charge is 0.372 e. The van der Waals surface area contributed by atoms with Crippen LogP contribution in [0.4, 0.5) is 11.4 Å². The van der Waals surface area contributed by atoms with Gasteiger partial charge in [-0.15, -0.1) is 11.3 Å². The van der Waals surface area contributed by atoms with Crippen LogP contribution in [0.3, 0.4) is 0 Å². The minimum atomic E-state index is -0.0833. The van der Waals surface area contributed by atoms with Gasteiger partial charge in [0.1, 0.15) is 4.83 Å². The molecule has 0 N–H and O–H groups in total. The van der Waals surface area contributed by atoms with Crippen LogP contribution in [-0.4, -0.2) is 27.3 Å². The summed E-state index contributed by atoms with van der Waals surface area (Å²) in [5.41, 5.74) is 3.79. The van der Waals surface area contributed by atoms with Gasteiger partial charge in [0.05, 0.1) is 23.8 Å². The predicted molar refractivity (Wildman–Crippen MR) is 172 cm³/mol. The summed E-state index contributed by atoms with van der Waals surface area (Å²) in [6.45, 7) is 5.30. The lowest BCUT2D eigenvalue weighted by atomic mass is 9.96. The zero-order chi connectivity index (χ0) is 29.1. The average molecular weight is 596 g/mol. The summed E-state index contributed by atoms with van der Waals surface area (Å²) in [7, 11) is 0. The number of benzene rings is 3. The zero-order valence-corrected chi connectivity index (χ0v) is 25.4. The highest BCUT2D eigenvalue weighted by Crippen LogP contribution is 2.36. The van der Waals surface area contributed by atoms with E-state index in [4.69, 9.17) is 9.72 Å². The normalized spacial score (nSPS) is 14.7. The smallest absolute Gasteiger partial charge is 0.263 e. The van der Waals surface area contributed by atoms with Gasteiger partial charge in [-0.25, -0.2) is 4.98 Å². The Labute approximate surface area is 254 Å². The molecule has 6 nitrogen and oxygen atoms in total. The fourth-order valence-electron chi connectivity index (χ4n) is 5.34. The van der Waals surface area contributed by atoms with Crippen molar-refractivity contribution in [2.75, 3.05) is 10.7 Å². The van der Waals surface area contributed by atoms with E-state index in [2.05, 4.69) is 26.0 Å². The maximum absolute atomic E-state index is 14.2. The lowest BCUT2D eigenvalue weighted by molar-refractivity contribution is -0.115. The molecule has 1 aliphatic heterocycles. The molecule has 0 spiro atoms. The Hall–Kier alpha value is -3.72. The number of para-hydroxylation sites is 2. The molecular formula is C34H33N3O3S2. The quantitative estimate of drug-likeness (QED) is 0.133. The number of ether oxygens (including phenoxy) is 1. The summed E-state index contributed by atoms with van der Waals surface area (Å²) in [6, 6.07) is 29.4. The molecule has 3 aromatic carbocycles. The van der Waals surface area contributed by atoms with Gasteiger partial charge in [-0.05, 0) is 47.7 Å². The van der Waals surface area contributed by atoms with Crippen molar-refractivity contribution in [1.82, 2.24) is 9.55 Å². The van der Waals surface area contributed by atoms with Crippen LogP contribution < -0.4 is 10.5 Å². The van der Waals surface area contributed by atoms with Crippen LogP contribution in [0.5, 0.6) is 0 Å². The number of nitrogens with zero attached hydrogens (tertiary/aromatic N) is 3. The highest BCUT2D eigenvalue weighted by Gasteiger charge is 2.29. The van der Waals surface area contributed by atoms with E-state index in [1.54, 1.807) is 20.8 Å². The fraction of sp³-hybridized carbons (Fsp3) is 0.265. The molecule has 5 aromatic rings. The van der Waals surface area contributed by atoms with Gasteiger partial charge in [0.25, 0.3) is 5.56 Å². The number of hydrogen-bond acceptors (Lipinski definition) is 6. The van der Waals surface area contributed by atoms with Gasteiger partial charge in [0.2, 0.25) is 5.91 Å². The van der Waals surface area contributed by atoms with Gasteiger partial charge in [-0.1, -0.05) is 92.3 Å². The van der Waals surface area contributed by atoms with Gasteiger partial charge in [0, 0.05) is 29.2 Å². The molecule has 0 saturated carbocycles. The molecule has 0 saturated heterocycles. The number of amides is 1. The number of thioether (sulfide) groups is 1. The summed E-state index contributed by atoms with van der Waals surface area (Å²) < 4.78 is 7.88. The van der Waals surface area contributed by atoms with E-state index in [1.165, 1.54) is 11.8 Å². The molecule has 42 heavy (non-hydrogen) atoms. The molecular weight excluding hydrogens is 563 g/mol. The van der Waals surface area contributed by atoms with E-state index in [0.29, 0.717) is 36.0 Å². The number of carbonyl (C=O) groups is 1. The topological polar surface area (TPSA) is 64.4 Å². The van der Waals surface area contributed by atoms with Crippen LogP contribution in [0.2, 0.25) is 0 Å². The van der Waals surface area contributed by atoms with Gasteiger partial charge in [0.15, 0.2) is 5.16 Å². The van der Waals surface area contributed by atoms with Crippen molar-refractivity contribution in [2.45, 2.75) is 51.1 Å². The molecule has 0 unspecified atom stereocenters. The van der Waals surface area contributed by atoms with Crippen molar-refractivity contribution in [3.8, 4) is 0 Å². The van der Waals surface area contributed by atoms with Gasteiger partial charge >= 0.3 is 0 Å². The van der Waals surface area contributed by atoms with Crippen molar-refractivity contribution >= 4 is 50.6 Å². The Kier molecular flexibility index (Phi) is 8.55. The lowest BCUT2D eigenvalue weighted by Gasteiger charge is -2.26. The second kappa shape index (κ2) is 12.7. The zero-order valence-electron chi connectivity index (χ0n) is 23.7. The first kappa shape index (κ1) is 28.4. The first-order valence-electron chi connectivity index (χ1n) is 14.3. The molecule has 1 amide bonds. The van der Waals surface area contributed by atoms with Crippen LogP contribution in [-0.2, 0) is 35.5 Å². The van der Waals surface area contributed by atoms with Crippen LogP contribution in [0, 0.1) is 5.92 Å². The summed E-state index contributed by atoms with van der Waals surface area (Å²) in [4.78, 5) is 36.5. The highest BCUT2D eigenvalue weighted by atomic mass is 32.2.